The summed E-state index contributed by atoms with van der Waals surface area (Å²) < 4.78 is 5.59. The van der Waals surface area contributed by atoms with Gasteiger partial charge in [0, 0.05) is 19.3 Å². The molecule has 174 valence electrons. The molecule has 4 rings (SSSR count). The van der Waals surface area contributed by atoms with Gasteiger partial charge in [0.25, 0.3) is 0 Å². The molecule has 0 unspecified atom stereocenters. The van der Waals surface area contributed by atoms with Crippen LogP contribution in [0.3, 0.4) is 0 Å². The number of hydrogen-bond acceptors (Lipinski definition) is 6. The van der Waals surface area contributed by atoms with Crippen molar-refractivity contribution < 1.29 is 30.3 Å². The topological polar surface area (TPSA) is 110 Å². The Morgan fingerprint density at radius 3 is 1.42 bits per heavy atom. The number of ether oxygens (including phenoxy) is 1. The molecule has 33 heavy (non-hydrogen) atoms. The van der Waals surface area contributed by atoms with Crippen molar-refractivity contribution in [1.29, 1.82) is 0 Å². The number of aliphatic hydroxyl groups excluding tert-OH is 2. The van der Waals surface area contributed by atoms with Crippen molar-refractivity contribution in [2.45, 2.75) is 48.5 Å². The third-order valence-electron chi connectivity index (χ3n) is 6.77. The van der Waals surface area contributed by atoms with Crippen LogP contribution in [0, 0.1) is 0 Å². The maximum Gasteiger partial charge on any atom is 0.187 e. The van der Waals surface area contributed by atoms with Crippen molar-refractivity contribution in [3.63, 3.8) is 0 Å². The Morgan fingerprint density at radius 1 is 0.606 bits per heavy atom. The van der Waals surface area contributed by atoms with Gasteiger partial charge in [-0.2, -0.15) is 0 Å². The molecule has 0 radical (unpaired) electrons. The van der Waals surface area contributed by atoms with E-state index in [0.29, 0.717) is 16.7 Å². The lowest BCUT2D eigenvalue weighted by Crippen LogP contribution is -2.82. The first-order valence-corrected chi connectivity index (χ1v) is 11.1. The summed E-state index contributed by atoms with van der Waals surface area (Å²) >= 11 is 0. The number of aliphatic hydroxyl groups is 5. The number of hydrogen-bond donors (Lipinski definition) is 5. The molecule has 3 aromatic carbocycles. The average Bonchev–Trinajstić information content (AvgIpc) is 2.83. The third kappa shape index (κ3) is 4.22. The molecule has 5 atom stereocenters. The van der Waals surface area contributed by atoms with Crippen LogP contribution >= 0.6 is 0 Å². The Hall–Kier alpha value is -2.58. The summed E-state index contributed by atoms with van der Waals surface area (Å²) in [5.74, 6) is 0. The molecular weight excluding hydrogens is 420 g/mol. The van der Waals surface area contributed by atoms with Crippen molar-refractivity contribution in [3.8, 4) is 0 Å². The minimum absolute atomic E-state index is 0.105. The molecule has 1 saturated heterocycles. The van der Waals surface area contributed by atoms with Crippen LogP contribution in [-0.4, -0.2) is 61.3 Å². The highest BCUT2D eigenvalue weighted by atomic mass is 16.6. The molecule has 1 aliphatic rings. The zero-order valence-electron chi connectivity index (χ0n) is 18.3. The van der Waals surface area contributed by atoms with E-state index in [2.05, 4.69) is 0 Å². The van der Waals surface area contributed by atoms with Crippen LogP contribution in [-0.2, 0) is 24.0 Å². The van der Waals surface area contributed by atoms with Gasteiger partial charge in [-0.3, -0.25) is 0 Å². The van der Waals surface area contributed by atoms with Gasteiger partial charge in [-0.1, -0.05) is 91.0 Å². The van der Waals surface area contributed by atoms with Crippen LogP contribution in [0.1, 0.15) is 16.7 Å². The Morgan fingerprint density at radius 2 is 1.00 bits per heavy atom. The monoisotopic (exact) mass is 450 g/mol. The van der Waals surface area contributed by atoms with E-state index in [1.165, 1.54) is 0 Å². The van der Waals surface area contributed by atoms with E-state index in [4.69, 9.17) is 4.74 Å². The summed E-state index contributed by atoms with van der Waals surface area (Å²) in [4.78, 5) is 0. The number of benzene rings is 3. The van der Waals surface area contributed by atoms with Crippen molar-refractivity contribution in [1.82, 2.24) is 0 Å². The summed E-state index contributed by atoms with van der Waals surface area (Å²) in [6, 6.07) is 26.9. The summed E-state index contributed by atoms with van der Waals surface area (Å²) in [7, 11) is 0. The van der Waals surface area contributed by atoms with Crippen LogP contribution in [0.4, 0.5) is 0 Å². The highest BCUT2D eigenvalue weighted by Crippen LogP contribution is 2.48. The van der Waals surface area contributed by atoms with Crippen LogP contribution in [0.15, 0.2) is 91.0 Å². The average molecular weight is 451 g/mol. The predicted molar refractivity (Wildman–Crippen MR) is 123 cm³/mol. The quantitative estimate of drug-likeness (QED) is 0.374. The SMILES string of the molecule is OC[C@H]1O[C@H](O)[C@@](O)(Cc2ccccc2)[C@](O)(Cc2ccccc2)[C@]1(O)Cc1ccccc1. The first-order valence-electron chi connectivity index (χ1n) is 11.1. The number of rotatable bonds is 7. The molecule has 6 nitrogen and oxygen atoms in total. The highest BCUT2D eigenvalue weighted by molar-refractivity contribution is 5.32. The second-order valence-electron chi connectivity index (χ2n) is 8.86. The maximum absolute atomic E-state index is 12.3. The van der Waals surface area contributed by atoms with Crippen molar-refractivity contribution in [2.75, 3.05) is 6.61 Å². The second-order valence-corrected chi connectivity index (χ2v) is 8.86. The van der Waals surface area contributed by atoms with Gasteiger partial charge in [0.05, 0.1) is 6.61 Å². The second kappa shape index (κ2) is 9.35. The van der Waals surface area contributed by atoms with E-state index in [1.54, 1.807) is 72.8 Å². The van der Waals surface area contributed by atoms with Gasteiger partial charge in [0.2, 0.25) is 0 Å². The molecule has 0 amide bonds. The molecule has 0 bridgehead atoms. The molecule has 3 aromatic rings. The van der Waals surface area contributed by atoms with Crippen LogP contribution in [0.25, 0.3) is 0 Å². The fraction of sp³-hybridized carbons (Fsp3) is 0.333. The minimum atomic E-state index is -2.28. The Kier molecular flexibility index (Phi) is 6.68. The van der Waals surface area contributed by atoms with E-state index in [0.717, 1.165) is 0 Å². The fourth-order valence-corrected chi connectivity index (χ4v) is 4.93. The van der Waals surface area contributed by atoms with Gasteiger partial charge in [-0.15, -0.1) is 0 Å². The molecule has 0 aliphatic carbocycles. The molecule has 1 fully saturated rings. The third-order valence-corrected chi connectivity index (χ3v) is 6.77. The summed E-state index contributed by atoms with van der Waals surface area (Å²) in [6.45, 7) is -0.654. The molecular formula is C27H30O6. The van der Waals surface area contributed by atoms with E-state index < -0.39 is 35.8 Å². The zero-order valence-corrected chi connectivity index (χ0v) is 18.3. The fourth-order valence-electron chi connectivity index (χ4n) is 4.93. The predicted octanol–water partition coefficient (Wildman–Crippen LogP) is 1.62. The normalized spacial score (nSPS) is 31.9. The smallest absolute Gasteiger partial charge is 0.187 e. The Labute approximate surface area is 193 Å². The maximum atomic E-state index is 12.3. The van der Waals surface area contributed by atoms with Crippen molar-refractivity contribution in [3.05, 3.63) is 108 Å². The molecule has 1 heterocycles. The zero-order chi connectivity index (χ0) is 23.5. The first-order chi connectivity index (χ1) is 15.8. The first kappa shape index (κ1) is 23.6. The molecule has 0 spiro atoms. The van der Waals surface area contributed by atoms with Gasteiger partial charge >= 0.3 is 0 Å². The lowest BCUT2D eigenvalue weighted by atomic mass is 9.60. The standard InChI is InChI=1S/C27H30O6/c28-19-23-25(30,16-20-10-4-1-5-11-20)27(32,18-22-14-8-3-9-15-22)26(31,24(29)33-23)17-21-12-6-2-7-13-21/h1-15,23-24,28-32H,16-19H2/t23-,24+,25+,26+,27+/m1/s1. The molecule has 1 aliphatic heterocycles. The summed E-state index contributed by atoms with van der Waals surface area (Å²) in [6.07, 6.45) is -3.63. The van der Waals surface area contributed by atoms with Crippen molar-refractivity contribution >= 4 is 0 Å². The minimum Gasteiger partial charge on any atom is -0.394 e. The lowest BCUT2D eigenvalue weighted by molar-refractivity contribution is -0.395. The Bertz CT molecular complexity index is 1030. The summed E-state index contributed by atoms with van der Waals surface area (Å²) in [5, 5.41) is 57.4. The van der Waals surface area contributed by atoms with Gasteiger partial charge in [-0.05, 0) is 16.7 Å². The molecule has 5 N–H and O–H groups in total. The Balaban J connectivity index is 1.87. The van der Waals surface area contributed by atoms with Gasteiger partial charge in [0.1, 0.15) is 17.3 Å². The van der Waals surface area contributed by atoms with Gasteiger partial charge in [0.15, 0.2) is 11.9 Å². The lowest BCUT2D eigenvalue weighted by Gasteiger charge is -2.60. The van der Waals surface area contributed by atoms with E-state index in [1.807, 2.05) is 18.2 Å². The molecule has 6 heteroatoms. The van der Waals surface area contributed by atoms with E-state index in [9.17, 15) is 25.5 Å². The van der Waals surface area contributed by atoms with Crippen molar-refractivity contribution in [2.24, 2.45) is 0 Å². The van der Waals surface area contributed by atoms with Gasteiger partial charge in [-0.25, -0.2) is 0 Å². The molecule has 0 aromatic heterocycles. The highest BCUT2D eigenvalue weighted by Gasteiger charge is 2.71. The van der Waals surface area contributed by atoms with Crippen LogP contribution < -0.4 is 0 Å². The van der Waals surface area contributed by atoms with Crippen LogP contribution in [0.2, 0.25) is 0 Å². The van der Waals surface area contributed by atoms with E-state index >= 15 is 0 Å². The molecule has 0 saturated carbocycles. The van der Waals surface area contributed by atoms with Crippen LogP contribution in [0.5, 0.6) is 0 Å². The van der Waals surface area contributed by atoms with Gasteiger partial charge < -0.3 is 30.3 Å². The van der Waals surface area contributed by atoms with E-state index in [-0.39, 0.29) is 19.3 Å². The summed E-state index contributed by atoms with van der Waals surface area (Å²) in [5.41, 5.74) is -4.69. The largest absolute Gasteiger partial charge is 0.394 e.